The lowest BCUT2D eigenvalue weighted by atomic mass is 10.2. The largest absolute Gasteiger partial charge is 0.375 e. The quantitative estimate of drug-likeness (QED) is 0.449. The zero-order valence-electron chi connectivity index (χ0n) is 16.1. The molecule has 0 spiro atoms. The molecule has 0 saturated heterocycles. The summed E-state index contributed by atoms with van der Waals surface area (Å²) in [6.07, 6.45) is 0. The summed E-state index contributed by atoms with van der Waals surface area (Å²) in [7, 11) is 0. The van der Waals surface area contributed by atoms with Crippen LogP contribution in [0.15, 0.2) is 76.5 Å². The second-order valence-corrected chi connectivity index (χ2v) is 7.43. The third kappa shape index (κ3) is 6.26. The number of carbonyl (C=O) groups excluding carboxylic acids is 2. The molecule has 0 aliphatic rings. The van der Waals surface area contributed by atoms with E-state index in [1.165, 1.54) is 11.8 Å². The number of carbonyl (C=O) groups is 2. The van der Waals surface area contributed by atoms with Crippen molar-refractivity contribution in [2.75, 3.05) is 23.7 Å². The van der Waals surface area contributed by atoms with Gasteiger partial charge in [0.1, 0.15) is 0 Å². The van der Waals surface area contributed by atoms with Gasteiger partial charge in [-0.05, 0) is 36.4 Å². The van der Waals surface area contributed by atoms with Gasteiger partial charge in [-0.2, -0.15) is 0 Å². The minimum atomic E-state index is -1.68. The first kappa shape index (κ1) is 22.2. The Bertz CT molecular complexity index is 1080. The average Bonchev–Trinajstić information content (AvgIpc) is 2.78. The number of rotatable bonds is 8. The molecule has 5 nitrogen and oxygen atoms in total. The summed E-state index contributed by atoms with van der Waals surface area (Å²) in [6.45, 7) is -0.557. The van der Waals surface area contributed by atoms with E-state index in [0.717, 1.165) is 21.5 Å². The molecule has 0 unspecified atom stereocenters. The van der Waals surface area contributed by atoms with Crippen LogP contribution in [0.5, 0.6) is 0 Å². The topological polar surface area (TPSA) is 70.2 Å². The highest BCUT2D eigenvalue weighted by atomic mass is 32.2. The molecule has 9 heteroatoms. The van der Waals surface area contributed by atoms with Gasteiger partial charge in [0, 0.05) is 15.5 Å². The first-order chi connectivity index (χ1) is 14.9. The predicted octanol–water partition coefficient (Wildman–Crippen LogP) is 4.42. The highest BCUT2D eigenvalue weighted by molar-refractivity contribution is 7.99. The van der Waals surface area contributed by atoms with E-state index < -0.39 is 41.5 Å². The monoisotopic (exact) mass is 445 g/mol. The lowest BCUT2D eigenvalue weighted by Crippen LogP contribution is -2.36. The lowest BCUT2D eigenvalue weighted by molar-refractivity contribution is -0.122. The summed E-state index contributed by atoms with van der Waals surface area (Å²) in [5.41, 5.74) is 0.239. The molecule has 0 radical (unpaired) electrons. The van der Waals surface area contributed by atoms with E-state index in [0.29, 0.717) is 6.07 Å². The van der Waals surface area contributed by atoms with E-state index in [2.05, 4.69) is 16.0 Å². The lowest BCUT2D eigenvalue weighted by Gasteiger charge is -2.12. The minimum Gasteiger partial charge on any atom is -0.375 e. The van der Waals surface area contributed by atoms with Gasteiger partial charge in [0.15, 0.2) is 17.5 Å². The van der Waals surface area contributed by atoms with E-state index >= 15 is 0 Å². The summed E-state index contributed by atoms with van der Waals surface area (Å²) in [6, 6.07) is 18.8. The normalized spacial score (nSPS) is 10.4. The molecule has 0 aliphatic heterocycles. The molecule has 160 valence electrons. The highest BCUT2D eigenvalue weighted by Gasteiger charge is 2.15. The molecule has 0 aliphatic carbocycles. The van der Waals surface area contributed by atoms with Crippen LogP contribution in [-0.4, -0.2) is 24.9 Å². The molecule has 31 heavy (non-hydrogen) atoms. The fourth-order valence-electron chi connectivity index (χ4n) is 2.55. The van der Waals surface area contributed by atoms with Crippen molar-refractivity contribution in [1.29, 1.82) is 0 Å². The first-order valence-corrected chi connectivity index (χ1v) is 10.0. The maximum absolute atomic E-state index is 13.6. The van der Waals surface area contributed by atoms with Crippen molar-refractivity contribution in [3.8, 4) is 0 Å². The van der Waals surface area contributed by atoms with Gasteiger partial charge in [-0.15, -0.1) is 0 Å². The number of hydrogen-bond acceptors (Lipinski definition) is 4. The smallest absolute Gasteiger partial charge is 0.243 e. The Labute approximate surface area is 181 Å². The average molecular weight is 445 g/mol. The van der Waals surface area contributed by atoms with Crippen molar-refractivity contribution in [2.45, 2.75) is 9.79 Å². The fourth-order valence-corrected chi connectivity index (χ4v) is 3.49. The van der Waals surface area contributed by atoms with Gasteiger partial charge in [0.2, 0.25) is 11.8 Å². The van der Waals surface area contributed by atoms with Crippen molar-refractivity contribution in [1.82, 2.24) is 5.32 Å². The van der Waals surface area contributed by atoms with Gasteiger partial charge in [-0.25, -0.2) is 13.2 Å². The van der Waals surface area contributed by atoms with Crippen LogP contribution in [0.1, 0.15) is 0 Å². The molecule has 3 aromatic rings. The van der Waals surface area contributed by atoms with Gasteiger partial charge in [0.25, 0.3) is 0 Å². The maximum Gasteiger partial charge on any atom is 0.243 e. The van der Waals surface area contributed by atoms with E-state index in [9.17, 15) is 22.8 Å². The fraction of sp³-hybridized carbons (Fsp3) is 0.0909. The third-order valence-corrected chi connectivity index (χ3v) is 5.14. The van der Waals surface area contributed by atoms with Gasteiger partial charge < -0.3 is 16.0 Å². The zero-order chi connectivity index (χ0) is 22.2. The summed E-state index contributed by atoms with van der Waals surface area (Å²) in [5, 5.41) is 7.48. The van der Waals surface area contributed by atoms with Crippen LogP contribution < -0.4 is 16.0 Å². The molecule has 3 N–H and O–H groups in total. The SMILES string of the molecule is O=C(CNc1ccccc1Sc1ccccc1)NCC(=O)Nc1ccc(F)c(F)c1F. The number of amides is 2. The van der Waals surface area contributed by atoms with Crippen molar-refractivity contribution < 1.29 is 22.8 Å². The molecule has 0 fully saturated rings. The molecule has 2 amide bonds. The molecule has 0 saturated carbocycles. The second kappa shape index (κ2) is 10.5. The van der Waals surface area contributed by atoms with Crippen LogP contribution >= 0.6 is 11.8 Å². The van der Waals surface area contributed by atoms with E-state index in [1.54, 1.807) is 0 Å². The number of nitrogens with one attached hydrogen (secondary N) is 3. The molecule has 0 heterocycles. The van der Waals surface area contributed by atoms with Crippen LogP contribution in [-0.2, 0) is 9.59 Å². The van der Waals surface area contributed by atoms with Crippen LogP contribution in [0.4, 0.5) is 24.5 Å². The Balaban J connectivity index is 1.50. The summed E-state index contributed by atoms with van der Waals surface area (Å²) < 4.78 is 39.7. The molecule has 0 bridgehead atoms. The molecule has 0 aromatic heterocycles. The predicted molar refractivity (Wildman–Crippen MR) is 113 cm³/mol. The van der Waals surface area contributed by atoms with E-state index in [4.69, 9.17) is 0 Å². The van der Waals surface area contributed by atoms with Gasteiger partial charge in [0.05, 0.1) is 18.8 Å². The van der Waals surface area contributed by atoms with Crippen molar-refractivity contribution in [3.63, 3.8) is 0 Å². The van der Waals surface area contributed by atoms with Crippen LogP contribution in [0.25, 0.3) is 0 Å². The van der Waals surface area contributed by atoms with E-state index in [1.807, 2.05) is 54.6 Å². The van der Waals surface area contributed by atoms with Gasteiger partial charge >= 0.3 is 0 Å². The number of benzene rings is 3. The molecule has 0 atom stereocenters. The Morgan fingerprint density at radius 2 is 1.45 bits per heavy atom. The van der Waals surface area contributed by atoms with Crippen molar-refractivity contribution in [2.24, 2.45) is 0 Å². The van der Waals surface area contributed by atoms with E-state index in [-0.39, 0.29) is 6.54 Å². The molecular weight excluding hydrogens is 427 g/mol. The number of halogens is 3. The number of anilines is 2. The van der Waals surface area contributed by atoms with Crippen LogP contribution in [0.2, 0.25) is 0 Å². The van der Waals surface area contributed by atoms with Gasteiger partial charge in [-0.3, -0.25) is 9.59 Å². The zero-order valence-corrected chi connectivity index (χ0v) is 16.9. The van der Waals surface area contributed by atoms with Crippen molar-refractivity contribution >= 4 is 35.0 Å². The van der Waals surface area contributed by atoms with Crippen molar-refractivity contribution in [3.05, 3.63) is 84.2 Å². The Kier molecular flexibility index (Phi) is 7.55. The molecule has 3 aromatic carbocycles. The van der Waals surface area contributed by atoms with Crippen LogP contribution in [0, 0.1) is 17.5 Å². The van der Waals surface area contributed by atoms with Crippen LogP contribution in [0.3, 0.4) is 0 Å². The summed E-state index contributed by atoms with van der Waals surface area (Å²) in [4.78, 5) is 25.9. The Morgan fingerprint density at radius 1 is 0.742 bits per heavy atom. The standard InChI is InChI=1S/C22H18F3N3O2S/c23-15-10-11-17(22(25)21(15)24)28-20(30)13-27-19(29)12-26-16-8-4-5-9-18(16)31-14-6-2-1-3-7-14/h1-11,26H,12-13H2,(H,27,29)(H,28,30). The van der Waals surface area contributed by atoms with Gasteiger partial charge in [-0.1, -0.05) is 42.1 Å². The first-order valence-electron chi connectivity index (χ1n) is 9.20. The third-order valence-electron chi connectivity index (χ3n) is 4.05. The Morgan fingerprint density at radius 3 is 2.23 bits per heavy atom. The Hall–Kier alpha value is -3.46. The second-order valence-electron chi connectivity index (χ2n) is 6.31. The molecular formula is C22H18F3N3O2S. The molecule has 3 rings (SSSR count). The maximum atomic E-state index is 13.6. The number of para-hydroxylation sites is 1. The number of hydrogen-bond donors (Lipinski definition) is 3. The summed E-state index contributed by atoms with van der Waals surface area (Å²) >= 11 is 1.54. The highest BCUT2D eigenvalue weighted by Crippen LogP contribution is 2.33. The summed E-state index contributed by atoms with van der Waals surface area (Å²) in [5.74, 6) is -5.80. The minimum absolute atomic E-state index is 0.0980.